The third-order valence-electron chi connectivity index (χ3n) is 7.39. The number of ether oxygens (including phenoxy) is 2. The van der Waals surface area contributed by atoms with Crippen LogP contribution in [0.1, 0.15) is 71.2 Å². The number of carbonyl (C=O) groups excluding carboxylic acids is 6. The first-order valence-electron chi connectivity index (χ1n) is 16.7. The minimum absolute atomic E-state index is 0.225. The second-order valence-electron chi connectivity index (χ2n) is 14.0. The maximum absolute atomic E-state index is 14.1. The van der Waals surface area contributed by atoms with Gasteiger partial charge in [-0.05, 0) is 77.3 Å². The summed E-state index contributed by atoms with van der Waals surface area (Å²) in [5.41, 5.74) is -2.83. The number of carbonyl (C=O) groups is 6. The first kappa shape index (κ1) is 41.2. The quantitative estimate of drug-likeness (QED) is 0.126. The van der Waals surface area contributed by atoms with Crippen molar-refractivity contribution in [1.82, 2.24) is 26.6 Å². The molecule has 53 heavy (non-hydrogen) atoms. The number of esters is 1. The van der Waals surface area contributed by atoms with Crippen LogP contribution in [0.25, 0.3) is 12.2 Å². The standard InChI is InChI=1S/C40H47N5O8/c1-38(2,3)53-37(51)45-39(4,5)35(49)42-29(24-26-18-12-9-13-19-26)32(46)43-31(28-22-16-11-17-23-28)34(48)41-30(25-27-20-14-10-15-21-27)33(47)44-40(6,7)36(50)52-8/h9-25,31H,1-8H3,(H,41,48)(H,42,49)(H,43,46)(H,44,47)(H,45,51)/b29-24+,30-25-/t31-/m0/s1. The molecule has 0 aliphatic heterocycles. The van der Waals surface area contributed by atoms with Gasteiger partial charge in [-0.15, -0.1) is 0 Å². The van der Waals surface area contributed by atoms with Crippen molar-refractivity contribution in [1.29, 1.82) is 0 Å². The topological polar surface area (TPSA) is 181 Å². The molecule has 0 saturated heterocycles. The molecule has 0 heterocycles. The van der Waals surface area contributed by atoms with Gasteiger partial charge in [-0.25, -0.2) is 9.59 Å². The Labute approximate surface area is 309 Å². The third kappa shape index (κ3) is 12.8. The maximum Gasteiger partial charge on any atom is 0.408 e. The zero-order chi connectivity index (χ0) is 39.4. The molecule has 0 fully saturated rings. The Balaban J connectivity index is 2.00. The van der Waals surface area contributed by atoms with Crippen molar-refractivity contribution >= 4 is 47.8 Å². The first-order chi connectivity index (χ1) is 24.8. The number of hydrogen-bond donors (Lipinski definition) is 5. The molecule has 0 radical (unpaired) electrons. The maximum atomic E-state index is 14.1. The molecule has 0 unspecified atom stereocenters. The molecule has 280 valence electrons. The van der Waals surface area contributed by atoms with E-state index in [0.29, 0.717) is 16.7 Å². The van der Waals surface area contributed by atoms with Crippen LogP contribution in [-0.2, 0) is 33.4 Å². The van der Waals surface area contributed by atoms with Gasteiger partial charge in [0, 0.05) is 0 Å². The molecule has 0 spiro atoms. The summed E-state index contributed by atoms with van der Waals surface area (Å²) in [6.07, 6.45) is 2.00. The van der Waals surface area contributed by atoms with E-state index >= 15 is 0 Å². The molecule has 13 nitrogen and oxygen atoms in total. The molecule has 0 aliphatic rings. The lowest BCUT2D eigenvalue weighted by atomic mass is 10.0. The predicted octanol–water partition coefficient (Wildman–Crippen LogP) is 4.53. The molecule has 5 N–H and O–H groups in total. The largest absolute Gasteiger partial charge is 0.467 e. The minimum Gasteiger partial charge on any atom is -0.467 e. The van der Waals surface area contributed by atoms with E-state index in [1.807, 2.05) is 0 Å². The molecule has 0 bridgehead atoms. The Hall–Kier alpha value is -6.24. The highest BCUT2D eigenvalue weighted by molar-refractivity contribution is 6.07. The molecule has 3 aromatic rings. The van der Waals surface area contributed by atoms with Crippen molar-refractivity contribution in [2.75, 3.05) is 7.11 Å². The van der Waals surface area contributed by atoms with Crippen molar-refractivity contribution in [3.63, 3.8) is 0 Å². The van der Waals surface area contributed by atoms with Crippen LogP contribution in [0.15, 0.2) is 102 Å². The van der Waals surface area contributed by atoms with E-state index < -0.39 is 58.4 Å². The number of rotatable bonds is 13. The van der Waals surface area contributed by atoms with Crippen LogP contribution in [0.4, 0.5) is 4.79 Å². The molecule has 5 amide bonds. The summed E-state index contributed by atoms with van der Waals surface area (Å²) in [6, 6.07) is 24.3. The number of amides is 5. The van der Waals surface area contributed by atoms with E-state index in [1.165, 1.54) is 47.0 Å². The van der Waals surface area contributed by atoms with Gasteiger partial charge in [-0.1, -0.05) is 91.0 Å². The zero-order valence-electron chi connectivity index (χ0n) is 31.2. The highest BCUT2D eigenvalue weighted by Crippen LogP contribution is 2.18. The molecule has 0 saturated carbocycles. The predicted molar refractivity (Wildman–Crippen MR) is 200 cm³/mol. The lowest BCUT2D eigenvalue weighted by Crippen LogP contribution is -2.56. The van der Waals surface area contributed by atoms with Gasteiger partial charge in [0.25, 0.3) is 17.7 Å². The Morgan fingerprint density at radius 1 is 0.604 bits per heavy atom. The molecule has 3 rings (SSSR count). The lowest BCUT2D eigenvalue weighted by molar-refractivity contribution is -0.149. The Kier molecular flexibility index (Phi) is 13.8. The molecule has 1 atom stereocenters. The summed E-state index contributed by atoms with van der Waals surface area (Å²) in [7, 11) is 1.19. The van der Waals surface area contributed by atoms with E-state index in [0.717, 1.165) is 0 Å². The monoisotopic (exact) mass is 725 g/mol. The summed E-state index contributed by atoms with van der Waals surface area (Å²) in [5, 5.41) is 13.0. The average Bonchev–Trinajstić information content (AvgIpc) is 3.09. The van der Waals surface area contributed by atoms with Gasteiger partial charge in [-0.2, -0.15) is 0 Å². The molecule has 13 heteroatoms. The van der Waals surface area contributed by atoms with Crippen molar-refractivity contribution in [3.8, 4) is 0 Å². The van der Waals surface area contributed by atoms with E-state index in [-0.39, 0.29) is 11.4 Å². The fraction of sp³-hybridized carbons (Fsp3) is 0.300. The molecule has 0 aromatic heterocycles. The molecule has 3 aromatic carbocycles. The Bertz CT molecular complexity index is 1850. The number of benzene rings is 3. The van der Waals surface area contributed by atoms with Gasteiger partial charge in [0.05, 0.1) is 7.11 Å². The third-order valence-corrected chi connectivity index (χ3v) is 7.39. The molecular formula is C40H47N5O8. The van der Waals surface area contributed by atoms with Gasteiger partial charge in [0.2, 0.25) is 5.91 Å². The molecule has 0 aliphatic carbocycles. The van der Waals surface area contributed by atoms with Crippen molar-refractivity contribution in [2.24, 2.45) is 0 Å². The smallest absolute Gasteiger partial charge is 0.408 e. The fourth-order valence-electron chi connectivity index (χ4n) is 4.66. The second kappa shape index (κ2) is 17.8. The fourth-order valence-corrected chi connectivity index (χ4v) is 4.66. The van der Waals surface area contributed by atoms with Crippen molar-refractivity contribution in [2.45, 2.75) is 71.2 Å². The van der Waals surface area contributed by atoms with E-state index in [4.69, 9.17) is 9.47 Å². The minimum atomic E-state index is -1.54. The second-order valence-corrected chi connectivity index (χ2v) is 14.0. The summed E-state index contributed by atoms with van der Waals surface area (Å²) in [4.78, 5) is 80.3. The summed E-state index contributed by atoms with van der Waals surface area (Å²) < 4.78 is 10.1. The van der Waals surface area contributed by atoms with Crippen LogP contribution >= 0.6 is 0 Å². The summed E-state index contributed by atoms with van der Waals surface area (Å²) in [6.45, 7) is 10.8. The van der Waals surface area contributed by atoms with Gasteiger partial charge in [-0.3, -0.25) is 19.2 Å². The van der Waals surface area contributed by atoms with E-state index in [2.05, 4.69) is 26.6 Å². The normalized spacial score (nSPS) is 12.8. The zero-order valence-corrected chi connectivity index (χ0v) is 31.2. The van der Waals surface area contributed by atoms with Crippen LogP contribution in [-0.4, -0.2) is 59.5 Å². The number of nitrogens with one attached hydrogen (secondary N) is 5. The van der Waals surface area contributed by atoms with Gasteiger partial charge in [0.1, 0.15) is 34.1 Å². The number of alkyl carbamates (subject to hydrolysis) is 1. The number of methoxy groups -OCH3 is 1. The first-order valence-corrected chi connectivity index (χ1v) is 16.7. The Morgan fingerprint density at radius 3 is 1.55 bits per heavy atom. The van der Waals surface area contributed by atoms with Crippen molar-refractivity contribution < 1.29 is 38.2 Å². The lowest BCUT2D eigenvalue weighted by Gasteiger charge is -2.28. The van der Waals surface area contributed by atoms with Gasteiger partial charge < -0.3 is 36.1 Å². The van der Waals surface area contributed by atoms with E-state index in [9.17, 15) is 28.8 Å². The highest BCUT2D eigenvalue weighted by atomic mass is 16.6. The Morgan fingerprint density at radius 2 is 1.08 bits per heavy atom. The van der Waals surface area contributed by atoms with Crippen LogP contribution < -0.4 is 26.6 Å². The SMILES string of the molecule is COC(=O)C(C)(C)NC(=O)/C(=C/c1ccccc1)NC(=O)[C@@H](NC(=O)/C(=C\c1ccccc1)NC(=O)C(C)(C)NC(=O)OC(C)(C)C)c1ccccc1. The summed E-state index contributed by atoms with van der Waals surface area (Å²) in [5.74, 6) is -3.93. The van der Waals surface area contributed by atoms with Crippen LogP contribution in [0.2, 0.25) is 0 Å². The number of hydrogen-bond acceptors (Lipinski definition) is 8. The van der Waals surface area contributed by atoms with Crippen molar-refractivity contribution in [3.05, 3.63) is 119 Å². The van der Waals surface area contributed by atoms with Crippen LogP contribution in [0, 0.1) is 0 Å². The highest BCUT2D eigenvalue weighted by Gasteiger charge is 2.35. The van der Waals surface area contributed by atoms with Crippen LogP contribution in [0.3, 0.4) is 0 Å². The molecular weight excluding hydrogens is 678 g/mol. The van der Waals surface area contributed by atoms with Gasteiger partial charge >= 0.3 is 12.1 Å². The average molecular weight is 726 g/mol. The van der Waals surface area contributed by atoms with E-state index in [1.54, 1.807) is 112 Å². The van der Waals surface area contributed by atoms with Crippen LogP contribution in [0.5, 0.6) is 0 Å². The van der Waals surface area contributed by atoms with Gasteiger partial charge in [0.15, 0.2) is 0 Å². The summed E-state index contributed by atoms with van der Waals surface area (Å²) >= 11 is 0.